The van der Waals surface area contributed by atoms with Crippen molar-refractivity contribution in [2.24, 2.45) is 0 Å². The highest BCUT2D eigenvalue weighted by Crippen LogP contribution is 2.28. The molecular formula is C15H23N3. The quantitative estimate of drug-likeness (QED) is 0.844. The number of likely N-dealkylation sites (tertiary alicyclic amines) is 1. The molecule has 0 aromatic heterocycles. The molecule has 0 saturated carbocycles. The summed E-state index contributed by atoms with van der Waals surface area (Å²) in [6, 6.07) is 10.8. The Morgan fingerprint density at radius 2 is 2.06 bits per heavy atom. The van der Waals surface area contributed by atoms with Gasteiger partial charge in [0.05, 0.1) is 0 Å². The number of piperazine rings is 1. The van der Waals surface area contributed by atoms with E-state index in [1.54, 1.807) is 0 Å². The molecule has 1 aromatic rings. The molecule has 0 bridgehead atoms. The van der Waals surface area contributed by atoms with Crippen LogP contribution in [0, 0.1) is 0 Å². The van der Waals surface area contributed by atoms with Crippen molar-refractivity contribution in [1.82, 2.24) is 15.1 Å². The van der Waals surface area contributed by atoms with Crippen molar-refractivity contribution in [3.8, 4) is 0 Å². The second-order valence-electron chi connectivity index (χ2n) is 5.77. The van der Waals surface area contributed by atoms with Gasteiger partial charge in [-0.3, -0.25) is 9.80 Å². The Labute approximate surface area is 110 Å². The van der Waals surface area contributed by atoms with Gasteiger partial charge in [0.1, 0.15) is 0 Å². The maximum Gasteiger partial charge on any atom is 0.0470 e. The SMILES string of the molecule is CN1CCNCC12CCN(Cc1ccccc1)C2. The number of hydrogen-bond acceptors (Lipinski definition) is 3. The molecule has 1 atom stereocenters. The third kappa shape index (κ3) is 2.30. The lowest BCUT2D eigenvalue weighted by atomic mass is 9.94. The van der Waals surface area contributed by atoms with Gasteiger partial charge in [0.25, 0.3) is 0 Å². The number of rotatable bonds is 2. The molecule has 2 aliphatic heterocycles. The van der Waals surface area contributed by atoms with E-state index in [-0.39, 0.29) is 0 Å². The molecule has 2 heterocycles. The molecule has 0 radical (unpaired) electrons. The van der Waals surface area contributed by atoms with E-state index in [0.717, 1.165) is 19.6 Å². The summed E-state index contributed by atoms with van der Waals surface area (Å²) in [5, 5.41) is 3.56. The van der Waals surface area contributed by atoms with Crippen LogP contribution in [0.2, 0.25) is 0 Å². The highest BCUT2D eigenvalue weighted by Gasteiger charge is 2.42. The molecule has 98 valence electrons. The summed E-state index contributed by atoms with van der Waals surface area (Å²) in [6.45, 7) is 6.98. The van der Waals surface area contributed by atoms with Gasteiger partial charge in [-0.25, -0.2) is 0 Å². The van der Waals surface area contributed by atoms with E-state index < -0.39 is 0 Å². The zero-order valence-corrected chi connectivity index (χ0v) is 11.2. The van der Waals surface area contributed by atoms with Crippen molar-refractivity contribution in [3.63, 3.8) is 0 Å². The van der Waals surface area contributed by atoms with Gasteiger partial charge in [-0.05, 0) is 19.0 Å². The van der Waals surface area contributed by atoms with Gasteiger partial charge in [0.2, 0.25) is 0 Å². The molecule has 2 fully saturated rings. The first kappa shape index (κ1) is 12.2. The summed E-state index contributed by atoms with van der Waals surface area (Å²) in [6.07, 6.45) is 1.29. The Hall–Kier alpha value is -0.900. The van der Waals surface area contributed by atoms with Crippen LogP contribution < -0.4 is 5.32 Å². The molecule has 1 N–H and O–H groups in total. The second kappa shape index (κ2) is 5.00. The second-order valence-corrected chi connectivity index (χ2v) is 5.77. The van der Waals surface area contributed by atoms with Crippen molar-refractivity contribution in [2.45, 2.75) is 18.5 Å². The molecule has 2 saturated heterocycles. The van der Waals surface area contributed by atoms with E-state index in [4.69, 9.17) is 0 Å². The smallest absolute Gasteiger partial charge is 0.0470 e. The number of likely N-dealkylation sites (N-methyl/N-ethyl adjacent to an activating group) is 1. The summed E-state index contributed by atoms with van der Waals surface area (Å²) >= 11 is 0. The molecular weight excluding hydrogens is 222 g/mol. The van der Waals surface area contributed by atoms with Gasteiger partial charge in [-0.1, -0.05) is 30.3 Å². The van der Waals surface area contributed by atoms with Gasteiger partial charge >= 0.3 is 0 Å². The zero-order valence-electron chi connectivity index (χ0n) is 11.2. The van der Waals surface area contributed by atoms with Crippen LogP contribution in [0.25, 0.3) is 0 Å². The van der Waals surface area contributed by atoms with E-state index in [9.17, 15) is 0 Å². The maximum atomic E-state index is 3.56. The minimum absolute atomic E-state index is 0.382. The minimum atomic E-state index is 0.382. The van der Waals surface area contributed by atoms with Crippen LogP contribution in [0.15, 0.2) is 30.3 Å². The van der Waals surface area contributed by atoms with Crippen LogP contribution in [0.1, 0.15) is 12.0 Å². The summed E-state index contributed by atoms with van der Waals surface area (Å²) in [5.41, 5.74) is 1.81. The molecule has 2 aliphatic rings. The first-order valence-electron chi connectivity index (χ1n) is 6.97. The fraction of sp³-hybridized carbons (Fsp3) is 0.600. The Morgan fingerprint density at radius 1 is 1.22 bits per heavy atom. The molecule has 1 unspecified atom stereocenters. The highest BCUT2D eigenvalue weighted by molar-refractivity contribution is 5.15. The Balaban J connectivity index is 1.64. The van der Waals surface area contributed by atoms with Crippen molar-refractivity contribution in [2.75, 3.05) is 39.8 Å². The fourth-order valence-corrected chi connectivity index (χ4v) is 3.31. The predicted octanol–water partition coefficient (Wildman–Crippen LogP) is 1.17. The first-order chi connectivity index (χ1) is 8.78. The maximum absolute atomic E-state index is 3.56. The topological polar surface area (TPSA) is 18.5 Å². The molecule has 0 amide bonds. The van der Waals surface area contributed by atoms with E-state index in [1.165, 1.54) is 31.6 Å². The molecule has 0 aliphatic carbocycles. The monoisotopic (exact) mass is 245 g/mol. The third-order valence-electron chi connectivity index (χ3n) is 4.55. The molecule has 3 rings (SSSR count). The van der Waals surface area contributed by atoms with Crippen molar-refractivity contribution in [1.29, 1.82) is 0 Å². The van der Waals surface area contributed by atoms with Gasteiger partial charge in [-0.15, -0.1) is 0 Å². The van der Waals surface area contributed by atoms with Crippen LogP contribution in [0.4, 0.5) is 0 Å². The zero-order chi connectivity index (χ0) is 12.4. The first-order valence-corrected chi connectivity index (χ1v) is 6.97. The van der Waals surface area contributed by atoms with Crippen molar-refractivity contribution in [3.05, 3.63) is 35.9 Å². The number of benzene rings is 1. The number of nitrogens with zero attached hydrogens (tertiary/aromatic N) is 2. The molecule has 1 spiro atoms. The van der Waals surface area contributed by atoms with Gasteiger partial charge < -0.3 is 5.32 Å². The molecule has 1 aromatic carbocycles. The molecule has 18 heavy (non-hydrogen) atoms. The number of nitrogens with one attached hydrogen (secondary N) is 1. The van der Waals surface area contributed by atoms with Crippen molar-refractivity contribution < 1.29 is 0 Å². The standard InChI is InChI=1S/C15H23N3/c1-17-10-8-16-12-15(17)7-9-18(13-15)11-14-5-3-2-4-6-14/h2-6,16H,7-13H2,1H3. The summed E-state index contributed by atoms with van der Waals surface area (Å²) in [5.74, 6) is 0. The van der Waals surface area contributed by atoms with Crippen LogP contribution in [0.5, 0.6) is 0 Å². The van der Waals surface area contributed by atoms with Gasteiger partial charge in [0, 0.05) is 44.8 Å². The van der Waals surface area contributed by atoms with E-state index >= 15 is 0 Å². The average Bonchev–Trinajstić information content (AvgIpc) is 2.79. The molecule has 3 heteroatoms. The lowest BCUT2D eigenvalue weighted by Gasteiger charge is -2.43. The van der Waals surface area contributed by atoms with Gasteiger partial charge in [0.15, 0.2) is 0 Å². The lowest BCUT2D eigenvalue weighted by Crippen LogP contribution is -2.60. The Morgan fingerprint density at radius 3 is 2.83 bits per heavy atom. The van der Waals surface area contributed by atoms with Crippen LogP contribution in [0.3, 0.4) is 0 Å². The van der Waals surface area contributed by atoms with E-state index in [1.807, 2.05) is 0 Å². The predicted molar refractivity (Wildman–Crippen MR) is 74.6 cm³/mol. The minimum Gasteiger partial charge on any atom is -0.314 e. The number of hydrogen-bond donors (Lipinski definition) is 1. The summed E-state index contributed by atoms with van der Waals surface area (Å²) in [7, 11) is 2.28. The summed E-state index contributed by atoms with van der Waals surface area (Å²) in [4.78, 5) is 5.16. The van der Waals surface area contributed by atoms with Crippen LogP contribution >= 0.6 is 0 Å². The highest BCUT2D eigenvalue weighted by atomic mass is 15.3. The third-order valence-corrected chi connectivity index (χ3v) is 4.55. The Bertz CT molecular complexity index is 392. The largest absolute Gasteiger partial charge is 0.314 e. The van der Waals surface area contributed by atoms with Crippen molar-refractivity contribution >= 4 is 0 Å². The van der Waals surface area contributed by atoms with Crippen LogP contribution in [-0.2, 0) is 6.54 Å². The molecule has 3 nitrogen and oxygen atoms in total. The van der Waals surface area contributed by atoms with E-state index in [2.05, 4.69) is 52.5 Å². The fourth-order valence-electron chi connectivity index (χ4n) is 3.31. The summed E-state index contributed by atoms with van der Waals surface area (Å²) < 4.78 is 0. The van der Waals surface area contributed by atoms with E-state index in [0.29, 0.717) is 5.54 Å². The normalized spacial score (nSPS) is 30.1. The van der Waals surface area contributed by atoms with Crippen LogP contribution in [-0.4, -0.2) is 55.1 Å². The van der Waals surface area contributed by atoms with Gasteiger partial charge in [-0.2, -0.15) is 0 Å². The Kier molecular flexibility index (Phi) is 3.37. The average molecular weight is 245 g/mol. The lowest BCUT2D eigenvalue weighted by molar-refractivity contribution is 0.0924.